The number of benzene rings is 2. The van der Waals surface area contributed by atoms with Crippen LogP contribution in [0.2, 0.25) is 0 Å². The van der Waals surface area contributed by atoms with Gasteiger partial charge in [-0.3, -0.25) is 13.9 Å². The summed E-state index contributed by atoms with van der Waals surface area (Å²) in [6.07, 6.45) is 1.64. The van der Waals surface area contributed by atoms with Crippen LogP contribution < -0.4 is 21.4 Å². The number of hydrazone groups is 1. The molecule has 2 aromatic carbocycles. The van der Waals surface area contributed by atoms with Crippen molar-refractivity contribution < 1.29 is 9.47 Å². The van der Waals surface area contributed by atoms with E-state index in [-0.39, 0.29) is 5.65 Å². The molecule has 0 amide bonds. The number of hydrogen-bond acceptors (Lipinski definition) is 7. The number of aromatic nitrogens is 4. The Labute approximate surface area is 195 Å². The fourth-order valence-electron chi connectivity index (χ4n) is 3.49. The Kier molecular flexibility index (Phi) is 6.88. The maximum Gasteiger partial charge on any atom is 0.332 e. The normalized spacial score (nSPS) is 11.4. The highest BCUT2D eigenvalue weighted by atomic mass is 16.5. The number of imidazole rings is 1. The van der Waals surface area contributed by atoms with Crippen LogP contribution in [0, 0.1) is 0 Å². The SMILES string of the molecule is COCCn1c(NN=Cc2ccc(OCc3ccccc3)cc2)nc2c1c(=O)n(C)c(=O)n2C. The molecular weight excluding hydrogens is 436 g/mol. The van der Waals surface area contributed by atoms with Crippen LogP contribution in [0.15, 0.2) is 69.3 Å². The van der Waals surface area contributed by atoms with Crippen molar-refractivity contribution in [1.82, 2.24) is 18.7 Å². The molecular formula is C24H26N6O4. The van der Waals surface area contributed by atoms with Gasteiger partial charge in [0.15, 0.2) is 11.2 Å². The van der Waals surface area contributed by atoms with Crippen molar-refractivity contribution >= 4 is 23.3 Å². The lowest BCUT2D eigenvalue weighted by Crippen LogP contribution is -2.37. The third-order valence-corrected chi connectivity index (χ3v) is 5.37. The molecule has 4 aromatic rings. The molecule has 2 aromatic heterocycles. The average molecular weight is 463 g/mol. The van der Waals surface area contributed by atoms with Crippen molar-refractivity contribution in [2.24, 2.45) is 19.2 Å². The van der Waals surface area contributed by atoms with Crippen LogP contribution in [0.4, 0.5) is 5.95 Å². The predicted octanol–water partition coefficient (Wildman–Crippen LogP) is 2.11. The van der Waals surface area contributed by atoms with Crippen LogP contribution in [0.25, 0.3) is 11.2 Å². The highest BCUT2D eigenvalue weighted by Crippen LogP contribution is 2.16. The Morgan fingerprint density at radius 3 is 2.47 bits per heavy atom. The van der Waals surface area contributed by atoms with E-state index >= 15 is 0 Å². The molecule has 0 radical (unpaired) electrons. The lowest BCUT2D eigenvalue weighted by Gasteiger charge is -2.08. The van der Waals surface area contributed by atoms with Gasteiger partial charge in [-0.2, -0.15) is 10.1 Å². The van der Waals surface area contributed by atoms with E-state index in [2.05, 4.69) is 15.5 Å². The maximum atomic E-state index is 12.7. The number of hydrogen-bond donors (Lipinski definition) is 1. The van der Waals surface area contributed by atoms with Crippen LogP contribution in [0.1, 0.15) is 11.1 Å². The zero-order valence-corrected chi connectivity index (χ0v) is 19.3. The number of ether oxygens (including phenoxy) is 2. The molecule has 176 valence electrons. The number of fused-ring (bicyclic) bond motifs is 1. The average Bonchev–Trinajstić information content (AvgIpc) is 3.23. The van der Waals surface area contributed by atoms with Gasteiger partial charge >= 0.3 is 5.69 Å². The van der Waals surface area contributed by atoms with Gasteiger partial charge < -0.3 is 14.0 Å². The van der Waals surface area contributed by atoms with Gasteiger partial charge in [0.25, 0.3) is 5.56 Å². The van der Waals surface area contributed by atoms with Gasteiger partial charge in [0.2, 0.25) is 5.95 Å². The minimum atomic E-state index is -0.446. The summed E-state index contributed by atoms with van der Waals surface area (Å²) in [4.78, 5) is 29.5. The van der Waals surface area contributed by atoms with Crippen molar-refractivity contribution in [3.63, 3.8) is 0 Å². The molecule has 0 saturated heterocycles. The van der Waals surface area contributed by atoms with E-state index in [9.17, 15) is 9.59 Å². The van der Waals surface area contributed by atoms with Gasteiger partial charge in [-0.15, -0.1) is 0 Å². The molecule has 1 N–H and O–H groups in total. The zero-order chi connectivity index (χ0) is 24.1. The second-order valence-corrected chi connectivity index (χ2v) is 7.67. The van der Waals surface area contributed by atoms with E-state index in [0.29, 0.717) is 31.2 Å². The molecule has 0 aliphatic rings. The van der Waals surface area contributed by atoms with Crippen molar-refractivity contribution in [3.05, 3.63) is 86.6 Å². The summed E-state index contributed by atoms with van der Waals surface area (Å²) in [5.41, 5.74) is 4.55. The number of nitrogens with zero attached hydrogens (tertiary/aromatic N) is 5. The molecule has 0 aliphatic carbocycles. The Morgan fingerprint density at radius 1 is 1.03 bits per heavy atom. The second-order valence-electron chi connectivity index (χ2n) is 7.67. The van der Waals surface area contributed by atoms with E-state index in [1.165, 1.54) is 11.6 Å². The van der Waals surface area contributed by atoms with E-state index in [4.69, 9.17) is 9.47 Å². The number of rotatable bonds is 9. The first kappa shape index (κ1) is 23.0. The largest absolute Gasteiger partial charge is 0.489 e. The summed E-state index contributed by atoms with van der Waals surface area (Å²) in [6.45, 7) is 1.22. The molecule has 0 spiro atoms. The summed E-state index contributed by atoms with van der Waals surface area (Å²) < 4.78 is 15.0. The second kappa shape index (κ2) is 10.2. The lowest BCUT2D eigenvalue weighted by atomic mass is 10.2. The molecule has 0 aliphatic heterocycles. The number of methoxy groups -OCH3 is 1. The standard InChI is InChI=1S/C24H26N6O4/c1-28-21-20(22(31)29(2)24(28)32)30(13-14-33-3)23(26-21)27-25-15-17-9-11-19(12-10-17)34-16-18-7-5-4-6-8-18/h4-12,15H,13-14,16H2,1-3H3,(H,26,27). The van der Waals surface area contributed by atoms with Gasteiger partial charge in [0, 0.05) is 27.7 Å². The Balaban J connectivity index is 1.52. The third-order valence-electron chi connectivity index (χ3n) is 5.37. The molecule has 0 atom stereocenters. The third kappa shape index (κ3) is 4.76. The maximum absolute atomic E-state index is 12.7. The monoisotopic (exact) mass is 462 g/mol. The summed E-state index contributed by atoms with van der Waals surface area (Å²) in [7, 11) is 4.59. The molecule has 4 rings (SSSR count). The quantitative estimate of drug-likeness (QED) is 0.302. The van der Waals surface area contributed by atoms with Crippen LogP contribution >= 0.6 is 0 Å². The summed E-state index contributed by atoms with van der Waals surface area (Å²) >= 11 is 0. The van der Waals surface area contributed by atoms with E-state index in [1.54, 1.807) is 24.9 Å². The molecule has 34 heavy (non-hydrogen) atoms. The van der Waals surface area contributed by atoms with Crippen LogP contribution in [-0.4, -0.2) is 38.6 Å². The molecule has 0 fully saturated rings. The fourth-order valence-corrected chi connectivity index (χ4v) is 3.49. The Bertz CT molecular complexity index is 1420. The highest BCUT2D eigenvalue weighted by molar-refractivity contribution is 5.80. The number of anilines is 1. The minimum absolute atomic E-state index is 0.279. The van der Waals surface area contributed by atoms with Crippen molar-refractivity contribution in [2.75, 3.05) is 19.1 Å². The first-order valence-electron chi connectivity index (χ1n) is 10.7. The molecule has 10 nitrogen and oxygen atoms in total. The van der Waals surface area contributed by atoms with Crippen LogP contribution in [0.3, 0.4) is 0 Å². The van der Waals surface area contributed by atoms with Crippen LogP contribution in [0.5, 0.6) is 5.75 Å². The zero-order valence-electron chi connectivity index (χ0n) is 19.3. The lowest BCUT2D eigenvalue weighted by molar-refractivity contribution is 0.188. The Hall–Kier alpha value is -4.18. The van der Waals surface area contributed by atoms with Gasteiger partial charge in [-0.25, -0.2) is 10.2 Å². The smallest absolute Gasteiger partial charge is 0.332 e. The predicted molar refractivity (Wildman–Crippen MR) is 131 cm³/mol. The van der Waals surface area contributed by atoms with Crippen molar-refractivity contribution in [1.29, 1.82) is 0 Å². The molecule has 0 unspecified atom stereocenters. The molecule has 2 heterocycles. The molecule has 0 saturated carbocycles. The summed E-state index contributed by atoms with van der Waals surface area (Å²) in [6, 6.07) is 17.5. The van der Waals surface area contributed by atoms with E-state index in [1.807, 2.05) is 54.6 Å². The highest BCUT2D eigenvalue weighted by Gasteiger charge is 2.18. The van der Waals surface area contributed by atoms with Gasteiger partial charge in [0.1, 0.15) is 12.4 Å². The van der Waals surface area contributed by atoms with Crippen molar-refractivity contribution in [3.8, 4) is 5.75 Å². The topological polar surface area (TPSA) is 105 Å². The van der Waals surface area contributed by atoms with Gasteiger partial charge in [-0.1, -0.05) is 30.3 Å². The van der Waals surface area contributed by atoms with Gasteiger partial charge in [-0.05, 0) is 35.4 Å². The van der Waals surface area contributed by atoms with Gasteiger partial charge in [0.05, 0.1) is 12.8 Å². The number of nitrogens with one attached hydrogen (secondary N) is 1. The first-order chi connectivity index (χ1) is 16.5. The summed E-state index contributed by atoms with van der Waals surface area (Å²) in [5.74, 6) is 1.09. The minimum Gasteiger partial charge on any atom is -0.489 e. The summed E-state index contributed by atoms with van der Waals surface area (Å²) in [5, 5.41) is 4.27. The van der Waals surface area contributed by atoms with E-state index < -0.39 is 11.2 Å². The molecule has 0 bridgehead atoms. The van der Waals surface area contributed by atoms with E-state index in [0.717, 1.165) is 21.4 Å². The fraction of sp³-hybridized carbons (Fsp3) is 0.250. The first-order valence-corrected chi connectivity index (χ1v) is 10.7. The van der Waals surface area contributed by atoms with Crippen molar-refractivity contribution in [2.45, 2.75) is 13.2 Å². The number of aryl methyl sites for hydroxylation is 1. The molecule has 10 heteroatoms. The Morgan fingerprint density at radius 2 is 1.76 bits per heavy atom. The van der Waals surface area contributed by atoms with Crippen LogP contribution in [-0.2, 0) is 32.0 Å².